The summed E-state index contributed by atoms with van der Waals surface area (Å²) in [7, 11) is 0. The van der Waals surface area contributed by atoms with Gasteiger partial charge in [0.25, 0.3) is 0 Å². The summed E-state index contributed by atoms with van der Waals surface area (Å²) in [5.41, 5.74) is 2.55. The number of nitrogens with zero attached hydrogens (tertiary/aromatic N) is 2. The van der Waals surface area contributed by atoms with Crippen molar-refractivity contribution in [2.45, 2.75) is 13.5 Å². The molecule has 0 fully saturated rings. The van der Waals surface area contributed by atoms with E-state index in [1.165, 1.54) is 6.08 Å². The molecule has 3 aromatic rings. The van der Waals surface area contributed by atoms with Gasteiger partial charge in [0.2, 0.25) is 5.91 Å². The van der Waals surface area contributed by atoms with Crippen LogP contribution in [-0.4, -0.2) is 15.5 Å². The van der Waals surface area contributed by atoms with Crippen molar-refractivity contribution >= 4 is 40.9 Å². The monoisotopic (exact) mass is 385 g/mol. The molecule has 1 amide bonds. The molecule has 1 aromatic heterocycles. The first kappa shape index (κ1) is 18.2. The Balaban J connectivity index is 1.61. The van der Waals surface area contributed by atoms with E-state index in [0.717, 1.165) is 23.6 Å². The average molecular weight is 386 g/mol. The van der Waals surface area contributed by atoms with Gasteiger partial charge in [0.15, 0.2) is 0 Å². The molecular formula is C20H17Cl2N3O. The zero-order valence-corrected chi connectivity index (χ0v) is 15.6. The van der Waals surface area contributed by atoms with Crippen molar-refractivity contribution in [2.24, 2.45) is 0 Å². The highest BCUT2D eigenvalue weighted by atomic mass is 35.5. The lowest BCUT2D eigenvalue weighted by atomic mass is 10.2. The largest absolute Gasteiger partial charge is 0.331 e. The Morgan fingerprint density at radius 3 is 2.65 bits per heavy atom. The van der Waals surface area contributed by atoms with Crippen molar-refractivity contribution < 1.29 is 4.79 Å². The molecule has 2 aromatic carbocycles. The number of benzene rings is 2. The molecule has 0 saturated heterocycles. The number of aromatic nitrogens is 2. The molecule has 0 atom stereocenters. The van der Waals surface area contributed by atoms with E-state index in [2.05, 4.69) is 14.9 Å². The summed E-state index contributed by atoms with van der Waals surface area (Å²) < 4.78 is 2.06. The van der Waals surface area contributed by atoms with E-state index in [0.29, 0.717) is 15.6 Å². The van der Waals surface area contributed by atoms with Crippen molar-refractivity contribution in [3.05, 3.63) is 87.9 Å². The summed E-state index contributed by atoms with van der Waals surface area (Å²) in [4.78, 5) is 16.3. The molecule has 6 heteroatoms. The first-order valence-electron chi connectivity index (χ1n) is 8.02. The molecule has 0 unspecified atom stereocenters. The highest BCUT2D eigenvalue weighted by Crippen LogP contribution is 2.21. The van der Waals surface area contributed by atoms with Crippen LogP contribution in [0.15, 0.2) is 60.9 Å². The van der Waals surface area contributed by atoms with Gasteiger partial charge in [0, 0.05) is 40.7 Å². The lowest BCUT2D eigenvalue weighted by Gasteiger charge is -2.07. The Bertz CT molecular complexity index is 946. The number of anilines is 1. The van der Waals surface area contributed by atoms with Crippen LogP contribution in [0.2, 0.25) is 10.0 Å². The molecule has 0 radical (unpaired) electrons. The van der Waals surface area contributed by atoms with E-state index in [1.54, 1.807) is 30.5 Å². The van der Waals surface area contributed by atoms with Gasteiger partial charge in [-0.15, -0.1) is 0 Å². The lowest BCUT2D eigenvalue weighted by Crippen LogP contribution is -2.08. The molecule has 0 spiro atoms. The van der Waals surface area contributed by atoms with Crippen molar-refractivity contribution in [3.63, 3.8) is 0 Å². The maximum Gasteiger partial charge on any atom is 0.248 e. The third-order valence-electron chi connectivity index (χ3n) is 3.87. The van der Waals surface area contributed by atoms with E-state index >= 15 is 0 Å². The van der Waals surface area contributed by atoms with Crippen LogP contribution in [0.5, 0.6) is 0 Å². The molecule has 132 valence electrons. The third kappa shape index (κ3) is 4.75. The van der Waals surface area contributed by atoms with Gasteiger partial charge in [-0.25, -0.2) is 4.98 Å². The Hall–Kier alpha value is -2.56. The molecular weight excluding hydrogens is 369 g/mol. The molecule has 3 rings (SSSR count). The second kappa shape index (κ2) is 8.21. The normalized spacial score (nSPS) is 11.0. The fourth-order valence-electron chi connectivity index (χ4n) is 2.45. The van der Waals surface area contributed by atoms with Crippen molar-refractivity contribution in [3.8, 4) is 0 Å². The molecule has 1 heterocycles. The summed E-state index contributed by atoms with van der Waals surface area (Å²) >= 11 is 12.0. The zero-order chi connectivity index (χ0) is 18.5. The number of nitrogens with one attached hydrogen (secondary N) is 1. The minimum atomic E-state index is -0.237. The van der Waals surface area contributed by atoms with Gasteiger partial charge < -0.3 is 9.88 Å². The van der Waals surface area contributed by atoms with Crippen LogP contribution < -0.4 is 5.32 Å². The van der Waals surface area contributed by atoms with Crippen molar-refractivity contribution in [1.29, 1.82) is 0 Å². The number of carbonyl (C=O) groups is 1. The molecule has 0 saturated carbocycles. The molecule has 0 aliphatic carbocycles. The standard InChI is InChI=1S/C20H17Cl2N3O/c1-14-23-10-11-25(14)13-15-2-6-18(7-3-15)24-20(26)9-4-16-12-17(21)5-8-19(16)22/h2-12H,13H2,1H3,(H,24,26)/b9-4+. The molecule has 0 aliphatic rings. The van der Waals surface area contributed by atoms with Crippen molar-refractivity contribution in [2.75, 3.05) is 5.32 Å². The predicted octanol–water partition coefficient (Wildman–Crippen LogP) is 5.20. The molecule has 0 aliphatic heterocycles. The summed E-state index contributed by atoms with van der Waals surface area (Å²) in [6.45, 7) is 2.71. The summed E-state index contributed by atoms with van der Waals surface area (Å²) in [6, 6.07) is 12.8. The van der Waals surface area contributed by atoms with E-state index in [9.17, 15) is 4.79 Å². The summed E-state index contributed by atoms with van der Waals surface area (Å²) in [6.07, 6.45) is 6.79. The Kier molecular flexibility index (Phi) is 5.76. The van der Waals surface area contributed by atoms with Gasteiger partial charge in [0.05, 0.1) is 0 Å². The van der Waals surface area contributed by atoms with Crippen LogP contribution in [0.3, 0.4) is 0 Å². The molecule has 4 nitrogen and oxygen atoms in total. The maximum absolute atomic E-state index is 12.1. The number of hydrogen-bond donors (Lipinski definition) is 1. The van der Waals surface area contributed by atoms with Gasteiger partial charge in [0.1, 0.15) is 5.82 Å². The quantitative estimate of drug-likeness (QED) is 0.613. The fraction of sp³-hybridized carbons (Fsp3) is 0.100. The van der Waals surface area contributed by atoms with Crippen LogP contribution >= 0.6 is 23.2 Å². The van der Waals surface area contributed by atoms with Gasteiger partial charge in [-0.1, -0.05) is 35.3 Å². The Morgan fingerprint density at radius 1 is 1.19 bits per heavy atom. The second-order valence-electron chi connectivity index (χ2n) is 5.79. The third-order valence-corrected chi connectivity index (χ3v) is 4.45. The molecule has 1 N–H and O–H groups in total. The number of rotatable bonds is 5. The maximum atomic E-state index is 12.1. The van der Waals surface area contributed by atoms with Crippen LogP contribution in [-0.2, 0) is 11.3 Å². The van der Waals surface area contributed by atoms with Gasteiger partial charge >= 0.3 is 0 Å². The molecule has 0 bridgehead atoms. The lowest BCUT2D eigenvalue weighted by molar-refractivity contribution is -0.111. The first-order chi connectivity index (χ1) is 12.5. The second-order valence-corrected chi connectivity index (χ2v) is 6.63. The van der Waals surface area contributed by atoms with Crippen LogP contribution in [0.1, 0.15) is 17.0 Å². The van der Waals surface area contributed by atoms with Gasteiger partial charge in [-0.3, -0.25) is 4.79 Å². The first-order valence-corrected chi connectivity index (χ1v) is 8.77. The zero-order valence-electron chi connectivity index (χ0n) is 14.1. The Morgan fingerprint density at radius 2 is 1.96 bits per heavy atom. The molecule has 26 heavy (non-hydrogen) atoms. The number of amides is 1. The van der Waals surface area contributed by atoms with Gasteiger partial charge in [-0.2, -0.15) is 0 Å². The fourth-order valence-corrected chi connectivity index (χ4v) is 2.81. The van der Waals surface area contributed by atoms with E-state index in [-0.39, 0.29) is 5.91 Å². The predicted molar refractivity (Wildman–Crippen MR) is 107 cm³/mol. The van der Waals surface area contributed by atoms with Gasteiger partial charge in [-0.05, 0) is 54.5 Å². The number of aryl methyl sites for hydroxylation is 1. The number of carbonyl (C=O) groups excluding carboxylic acids is 1. The SMILES string of the molecule is Cc1nccn1Cc1ccc(NC(=O)/C=C/c2cc(Cl)ccc2Cl)cc1. The topological polar surface area (TPSA) is 46.9 Å². The summed E-state index contributed by atoms with van der Waals surface area (Å²) in [5.74, 6) is 0.728. The minimum absolute atomic E-state index is 0.237. The number of hydrogen-bond acceptors (Lipinski definition) is 2. The average Bonchev–Trinajstić information content (AvgIpc) is 3.02. The van der Waals surface area contributed by atoms with Crippen LogP contribution in [0, 0.1) is 6.92 Å². The van der Waals surface area contributed by atoms with E-state index < -0.39 is 0 Å². The number of halogens is 2. The van der Waals surface area contributed by atoms with Crippen LogP contribution in [0.4, 0.5) is 5.69 Å². The highest BCUT2D eigenvalue weighted by molar-refractivity contribution is 6.34. The smallest absolute Gasteiger partial charge is 0.248 e. The highest BCUT2D eigenvalue weighted by Gasteiger charge is 2.02. The number of imidazole rings is 1. The van der Waals surface area contributed by atoms with E-state index in [4.69, 9.17) is 23.2 Å². The minimum Gasteiger partial charge on any atom is -0.331 e. The van der Waals surface area contributed by atoms with Crippen molar-refractivity contribution in [1.82, 2.24) is 9.55 Å². The van der Waals surface area contributed by atoms with E-state index in [1.807, 2.05) is 37.4 Å². The summed E-state index contributed by atoms with van der Waals surface area (Å²) in [5, 5.41) is 3.93. The Labute approximate surface area is 162 Å². The van der Waals surface area contributed by atoms with Crippen LogP contribution in [0.25, 0.3) is 6.08 Å².